The molecule has 5 heteroatoms. The number of ether oxygens (including phenoxy) is 1. The van der Waals surface area contributed by atoms with Crippen LogP contribution in [0.15, 0.2) is 24.3 Å². The smallest absolute Gasteiger partial charge is 0.222 e. The van der Waals surface area contributed by atoms with Gasteiger partial charge < -0.3 is 15.4 Å². The lowest BCUT2D eigenvalue weighted by atomic mass is 10.1. The van der Waals surface area contributed by atoms with Crippen LogP contribution in [0.1, 0.15) is 50.6 Å². The van der Waals surface area contributed by atoms with Crippen molar-refractivity contribution in [1.82, 2.24) is 9.80 Å². The lowest BCUT2D eigenvalue weighted by Crippen LogP contribution is -2.49. The largest absolute Gasteiger partial charge is 0.497 e. The van der Waals surface area contributed by atoms with E-state index in [2.05, 4.69) is 24.0 Å². The predicted molar refractivity (Wildman–Crippen MR) is 102 cm³/mol. The Morgan fingerprint density at radius 2 is 1.88 bits per heavy atom. The fourth-order valence-corrected chi connectivity index (χ4v) is 3.40. The zero-order chi connectivity index (χ0) is 18.1. The van der Waals surface area contributed by atoms with E-state index >= 15 is 0 Å². The van der Waals surface area contributed by atoms with Crippen LogP contribution in [0.3, 0.4) is 0 Å². The average Bonchev–Trinajstić information content (AvgIpc) is 2.67. The molecule has 0 radical (unpaired) electrons. The Morgan fingerprint density at radius 3 is 2.56 bits per heavy atom. The predicted octanol–water partition coefficient (Wildman–Crippen LogP) is 2.81. The highest BCUT2D eigenvalue weighted by Crippen LogP contribution is 2.25. The van der Waals surface area contributed by atoms with Gasteiger partial charge in [-0.3, -0.25) is 9.69 Å². The second-order valence-electron chi connectivity index (χ2n) is 6.82. The summed E-state index contributed by atoms with van der Waals surface area (Å²) >= 11 is 0. The zero-order valence-corrected chi connectivity index (χ0v) is 15.7. The van der Waals surface area contributed by atoms with Gasteiger partial charge in [-0.15, -0.1) is 0 Å². The van der Waals surface area contributed by atoms with Crippen molar-refractivity contribution in [2.45, 2.75) is 45.1 Å². The van der Waals surface area contributed by atoms with Crippen LogP contribution < -0.4 is 10.5 Å². The molecule has 1 fully saturated rings. The first-order chi connectivity index (χ1) is 12.2. The summed E-state index contributed by atoms with van der Waals surface area (Å²) in [6, 6.07) is 8.59. The molecule has 2 rings (SSSR count). The van der Waals surface area contributed by atoms with Crippen LogP contribution in [0.4, 0.5) is 0 Å². The number of methoxy groups -OCH3 is 1. The van der Waals surface area contributed by atoms with E-state index in [9.17, 15) is 4.79 Å². The molecule has 1 aliphatic rings. The zero-order valence-electron chi connectivity index (χ0n) is 15.7. The molecule has 0 spiro atoms. The molecule has 1 unspecified atom stereocenters. The summed E-state index contributed by atoms with van der Waals surface area (Å²) in [4.78, 5) is 16.8. The SMILES string of the molecule is COc1cccc(C(C)N2CCN(C(=O)CCCCCCN)CC2)c1. The van der Waals surface area contributed by atoms with Crippen LogP contribution in [0, 0.1) is 0 Å². The number of hydrogen-bond acceptors (Lipinski definition) is 4. The molecule has 1 aromatic rings. The molecule has 2 N–H and O–H groups in total. The quantitative estimate of drug-likeness (QED) is 0.698. The number of carbonyl (C=O) groups is 1. The minimum atomic E-state index is 0.307. The number of nitrogens with two attached hydrogens (primary N) is 1. The van der Waals surface area contributed by atoms with Crippen molar-refractivity contribution >= 4 is 5.91 Å². The molecule has 5 nitrogen and oxygen atoms in total. The number of hydrogen-bond donors (Lipinski definition) is 1. The summed E-state index contributed by atoms with van der Waals surface area (Å²) < 4.78 is 5.32. The topological polar surface area (TPSA) is 58.8 Å². The molecule has 0 saturated carbocycles. The van der Waals surface area contributed by atoms with Gasteiger partial charge in [0, 0.05) is 38.6 Å². The normalized spacial score (nSPS) is 16.7. The third kappa shape index (κ3) is 6.01. The van der Waals surface area contributed by atoms with Crippen molar-refractivity contribution in [3.63, 3.8) is 0 Å². The van der Waals surface area contributed by atoms with Gasteiger partial charge in [-0.1, -0.05) is 25.0 Å². The van der Waals surface area contributed by atoms with Crippen molar-refractivity contribution in [3.05, 3.63) is 29.8 Å². The van der Waals surface area contributed by atoms with Crippen molar-refractivity contribution in [3.8, 4) is 5.75 Å². The maximum atomic E-state index is 12.3. The number of amides is 1. The van der Waals surface area contributed by atoms with E-state index < -0.39 is 0 Å². The van der Waals surface area contributed by atoms with Gasteiger partial charge in [0.25, 0.3) is 0 Å². The number of piperazine rings is 1. The van der Waals surface area contributed by atoms with Crippen molar-refractivity contribution in [2.75, 3.05) is 39.8 Å². The molecule has 25 heavy (non-hydrogen) atoms. The Bertz CT molecular complexity index is 527. The number of benzene rings is 1. The van der Waals surface area contributed by atoms with Crippen LogP contribution in [0.5, 0.6) is 5.75 Å². The molecule has 1 aliphatic heterocycles. The summed E-state index contributed by atoms with van der Waals surface area (Å²) in [7, 11) is 1.70. The molecule has 1 heterocycles. The summed E-state index contributed by atoms with van der Waals surface area (Å²) in [5.74, 6) is 1.20. The lowest BCUT2D eigenvalue weighted by molar-refractivity contribution is -0.133. The lowest BCUT2D eigenvalue weighted by Gasteiger charge is -2.38. The molecular weight excluding hydrogens is 314 g/mol. The van der Waals surface area contributed by atoms with Crippen LogP contribution in [0.2, 0.25) is 0 Å². The van der Waals surface area contributed by atoms with E-state index in [1.54, 1.807) is 7.11 Å². The number of nitrogens with zero attached hydrogens (tertiary/aromatic N) is 2. The maximum Gasteiger partial charge on any atom is 0.222 e. The monoisotopic (exact) mass is 347 g/mol. The second kappa shape index (κ2) is 10.4. The summed E-state index contributed by atoms with van der Waals surface area (Å²) in [6.07, 6.45) is 4.97. The maximum absolute atomic E-state index is 12.3. The van der Waals surface area contributed by atoms with E-state index in [0.29, 0.717) is 18.4 Å². The highest BCUT2D eigenvalue weighted by atomic mass is 16.5. The highest BCUT2D eigenvalue weighted by Gasteiger charge is 2.24. The van der Waals surface area contributed by atoms with Crippen molar-refractivity contribution < 1.29 is 9.53 Å². The first-order valence-corrected chi connectivity index (χ1v) is 9.51. The van der Waals surface area contributed by atoms with Gasteiger partial charge in [-0.2, -0.15) is 0 Å². The molecular formula is C20H33N3O2. The van der Waals surface area contributed by atoms with Gasteiger partial charge in [-0.25, -0.2) is 0 Å². The number of unbranched alkanes of at least 4 members (excludes halogenated alkanes) is 3. The Hall–Kier alpha value is -1.59. The summed E-state index contributed by atoms with van der Waals surface area (Å²) in [5, 5.41) is 0. The molecule has 0 aliphatic carbocycles. The van der Waals surface area contributed by atoms with Gasteiger partial charge in [0.1, 0.15) is 5.75 Å². The summed E-state index contributed by atoms with van der Waals surface area (Å²) in [6.45, 7) is 6.49. The van der Waals surface area contributed by atoms with Crippen molar-refractivity contribution in [2.24, 2.45) is 5.73 Å². The highest BCUT2D eigenvalue weighted by molar-refractivity contribution is 5.76. The van der Waals surface area contributed by atoms with E-state index in [0.717, 1.165) is 64.2 Å². The van der Waals surface area contributed by atoms with Gasteiger partial charge in [-0.05, 0) is 44.0 Å². The molecule has 1 amide bonds. The molecule has 0 bridgehead atoms. The standard InChI is InChI=1S/C20H33N3O2/c1-17(18-8-7-9-19(16-18)25-2)22-12-14-23(15-13-22)20(24)10-5-3-4-6-11-21/h7-9,16-17H,3-6,10-15,21H2,1-2H3. The fourth-order valence-electron chi connectivity index (χ4n) is 3.40. The van der Waals surface area contributed by atoms with Crippen LogP contribution in [-0.4, -0.2) is 55.5 Å². The van der Waals surface area contributed by atoms with Gasteiger partial charge in [0.05, 0.1) is 7.11 Å². The fraction of sp³-hybridized carbons (Fsp3) is 0.650. The Labute approximate surface area is 152 Å². The second-order valence-corrected chi connectivity index (χ2v) is 6.82. The Kier molecular flexibility index (Phi) is 8.22. The van der Waals surface area contributed by atoms with Crippen molar-refractivity contribution in [1.29, 1.82) is 0 Å². The minimum Gasteiger partial charge on any atom is -0.497 e. The molecule has 1 aromatic carbocycles. The molecule has 1 atom stereocenters. The van der Waals surface area contributed by atoms with Gasteiger partial charge >= 0.3 is 0 Å². The molecule has 0 aromatic heterocycles. The Morgan fingerprint density at radius 1 is 1.16 bits per heavy atom. The third-order valence-electron chi connectivity index (χ3n) is 5.14. The van der Waals surface area contributed by atoms with E-state index in [1.807, 2.05) is 17.0 Å². The number of rotatable bonds is 9. The van der Waals surface area contributed by atoms with Gasteiger partial charge in [0.2, 0.25) is 5.91 Å². The Balaban J connectivity index is 1.75. The van der Waals surface area contributed by atoms with E-state index in [1.165, 1.54) is 5.56 Å². The van der Waals surface area contributed by atoms with Crippen LogP contribution in [-0.2, 0) is 4.79 Å². The first-order valence-electron chi connectivity index (χ1n) is 9.51. The molecule has 1 saturated heterocycles. The van der Waals surface area contributed by atoms with E-state index in [-0.39, 0.29) is 0 Å². The third-order valence-corrected chi connectivity index (χ3v) is 5.14. The first kappa shape index (κ1) is 19.7. The van der Waals surface area contributed by atoms with Crippen LogP contribution in [0.25, 0.3) is 0 Å². The average molecular weight is 348 g/mol. The van der Waals surface area contributed by atoms with E-state index in [4.69, 9.17) is 10.5 Å². The summed E-state index contributed by atoms with van der Waals surface area (Å²) in [5.41, 5.74) is 6.76. The number of carbonyl (C=O) groups excluding carboxylic acids is 1. The van der Waals surface area contributed by atoms with Gasteiger partial charge in [0.15, 0.2) is 0 Å². The minimum absolute atomic E-state index is 0.307. The van der Waals surface area contributed by atoms with Crippen LogP contribution >= 0.6 is 0 Å². The molecule has 140 valence electrons.